The summed E-state index contributed by atoms with van der Waals surface area (Å²) in [6.45, 7) is 0. The maximum absolute atomic E-state index is 12.7. The molecule has 1 aromatic rings. The molecule has 1 rings (SSSR count). The van der Waals surface area contributed by atoms with Crippen LogP contribution >= 0.6 is 0 Å². The molecule has 0 radical (unpaired) electrons. The molecule has 0 bridgehead atoms. The van der Waals surface area contributed by atoms with Crippen LogP contribution in [0.5, 0.6) is 11.5 Å². The molecular formula is C9H7F5O2. The van der Waals surface area contributed by atoms with Crippen molar-refractivity contribution in [3.05, 3.63) is 24.3 Å². The third-order valence-electron chi connectivity index (χ3n) is 1.67. The minimum atomic E-state index is -4.88. The Morgan fingerprint density at radius 1 is 1.06 bits per heavy atom. The van der Waals surface area contributed by atoms with E-state index in [1.807, 2.05) is 0 Å². The van der Waals surface area contributed by atoms with Crippen LogP contribution in [0.15, 0.2) is 24.3 Å². The topological polar surface area (TPSA) is 29.5 Å². The maximum Gasteiger partial charge on any atom is 0.372 e. The lowest BCUT2D eigenvalue weighted by molar-refractivity contribution is -0.221. The molecule has 1 atom stereocenters. The van der Waals surface area contributed by atoms with E-state index in [1.165, 1.54) is 0 Å². The summed E-state index contributed by atoms with van der Waals surface area (Å²) in [4.78, 5) is 0. The second-order valence-electron chi connectivity index (χ2n) is 2.90. The molecule has 0 spiro atoms. The molecule has 16 heavy (non-hydrogen) atoms. The Labute approximate surface area is 87.3 Å². The van der Waals surface area contributed by atoms with Crippen LogP contribution in [-0.2, 0) is 0 Å². The Hall–Kier alpha value is -1.53. The number of rotatable bonds is 4. The van der Waals surface area contributed by atoms with Gasteiger partial charge in [0.25, 0.3) is 0 Å². The molecule has 1 unspecified atom stereocenters. The number of benzene rings is 1. The minimum absolute atomic E-state index is 0.191. The highest BCUT2D eigenvalue weighted by Crippen LogP contribution is 2.31. The lowest BCUT2D eigenvalue weighted by atomic mass is 10.3. The van der Waals surface area contributed by atoms with Crippen molar-refractivity contribution >= 4 is 0 Å². The number of alkyl halides is 5. The largest absolute Gasteiger partial charge is 0.508 e. The zero-order chi connectivity index (χ0) is 12.3. The number of aromatic hydroxyl groups is 1. The summed E-state index contributed by atoms with van der Waals surface area (Å²) in [5.74, 6) is -5.45. The summed E-state index contributed by atoms with van der Waals surface area (Å²) in [5.41, 5.74) is 0. The number of ether oxygens (including phenoxy) is 1. The zero-order valence-electron chi connectivity index (χ0n) is 7.71. The Balaban J connectivity index is 2.71. The molecule has 0 aromatic heterocycles. The molecule has 90 valence electrons. The molecule has 1 N–H and O–H groups in total. The molecule has 7 heteroatoms. The number of phenolic OH excluding ortho intramolecular Hbond substituents is 1. The molecule has 0 aliphatic carbocycles. The summed E-state index contributed by atoms with van der Waals surface area (Å²) in [5, 5.41) is 8.82. The second kappa shape index (κ2) is 4.54. The van der Waals surface area contributed by atoms with E-state index < -0.39 is 18.7 Å². The SMILES string of the molecule is Oc1ccc(OC(F)C(F)(F)C(F)F)cc1. The van der Waals surface area contributed by atoms with Crippen molar-refractivity contribution in [3.8, 4) is 11.5 Å². The summed E-state index contributed by atoms with van der Waals surface area (Å²) in [6.07, 6.45) is -7.60. The van der Waals surface area contributed by atoms with Gasteiger partial charge >= 0.3 is 18.7 Å². The summed E-state index contributed by atoms with van der Waals surface area (Å²) < 4.78 is 64.9. The Morgan fingerprint density at radius 3 is 2.00 bits per heavy atom. The molecule has 2 nitrogen and oxygen atoms in total. The van der Waals surface area contributed by atoms with Crippen LogP contribution in [-0.4, -0.2) is 23.8 Å². The van der Waals surface area contributed by atoms with Crippen molar-refractivity contribution in [3.63, 3.8) is 0 Å². The molecule has 0 aliphatic rings. The van der Waals surface area contributed by atoms with E-state index in [0.717, 1.165) is 24.3 Å². The van der Waals surface area contributed by atoms with Crippen molar-refractivity contribution in [2.45, 2.75) is 18.7 Å². The van der Waals surface area contributed by atoms with Gasteiger partial charge in [0.2, 0.25) is 0 Å². The van der Waals surface area contributed by atoms with Crippen molar-refractivity contribution in [1.82, 2.24) is 0 Å². The third-order valence-corrected chi connectivity index (χ3v) is 1.67. The molecule has 0 aliphatic heterocycles. The van der Waals surface area contributed by atoms with Crippen LogP contribution in [0.2, 0.25) is 0 Å². The number of phenols is 1. The van der Waals surface area contributed by atoms with Gasteiger partial charge in [0.1, 0.15) is 11.5 Å². The molecule has 0 saturated heterocycles. The summed E-state index contributed by atoms with van der Waals surface area (Å²) in [6, 6.07) is 4.04. The number of hydrogen-bond donors (Lipinski definition) is 1. The van der Waals surface area contributed by atoms with Gasteiger partial charge in [-0.2, -0.15) is 13.2 Å². The van der Waals surface area contributed by atoms with Crippen LogP contribution in [0.25, 0.3) is 0 Å². The molecule has 0 saturated carbocycles. The monoisotopic (exact) mass is 242 g/mol. The van der Waals surface area contributed by atoms with Gasteiger partial charge in [-0.3, -0.25) is 0 Å². The van der Waals surface area contributed by atoms with E-state index in [1.54, 1.807) is 0 Å². The maximum atomic E-state index is 12.7. The Bertz CT molecular complexity index is 338. The van der Waals surface area contributed by atoms with Crippen LogP contribution in [0, 0.1) is 0 Å². The van der Waals surface area contributed by atoms with Crippen molar-refractivity contribution in [2.24, 2.45) is 0 Å². The van der Waals surface area contributed by atoms with Crippen LogP contribution < -0.4 is 4.74 Å². The lowest BCUT2D eigenvalue weighted by Gasteiger charge is -2.20. The Morgan fingerprint density at radius 2 is 1.56 bits per heavy atom. The zero-order valence-corrected chi connectivity index (χ0v) is 7.71. The van der Waals surface area contributed by atoms with E-state index >= 15 is 0 Å². The van der Waals surface area contributed by atoms with Gasteiger partial charge in [0.05, 0.1) is 0 Å². The quantitative estimate of drug-likeness (QED) is 0.822. The smallest absolute Gasteiger partial charge is 0.372 e. The van der Waals surface area contributed by atoms with E-state index in [2.05, 4.69) is 4.74 Å². The standard InChI is InChI=1S/C9H7F5O2/c10-7(11)9(13,14)8(12)16-6-3-1-5(15)2-4-6/h1-4,7-8,15H. The normalized spacial score (nSPS) is 13.9. The average molecular weight is 242 g/mol. The van der Waals surface area contributed by atoms with Gasteiger partial charge in [0.15, 0.2) is 0 Å². The highest BCUT2D eigenvalue weighted by atomic mass is 19.3. The van der Waals surface area contributed by atoms with Gasteiger partial charge in [0, 0.05) is 0 Å². The molecule has 0 fully saturated rings. The van der Waals surface area contributed by atoms with E-state index in [9.17, 15) is 22.0 Å². The first-order valence-corrected chi connectivity index (χ1v) is 4.09. The first-order valence-electron chi connectivity index (χ1n) is 4.09. The fourth-order valence-electron chi connectivity index (χ4n) is 0.822. The van der Waals surface area contributed by atoms with E-state index in [4.69, 9.17) is 5.11 Å². The van der Waals surface area contributed by atoms with Gasteiger partial charge in [-0.25, -0.2) is 8.78 Å². The van der Waals surface area contributed by atoms with Crippen molar-refractivity contribution < 1.29 is 31.8 Å². The van der Waals surface area contributed by atoms with E-state index in [-0.39, 0.29) is 11.5 Å². The van der Waals surface area contributed by atoms with Crippen LogP contribution in [0.4, 0.5) is 22.0 Å². The molecule has 0 amide bonds. The third kappa shape index (κ3) is 2.74. The van der Waals surface area contributed by atoms with E-state index in [0.29, 0.717) is 0 Å². The predicted octanol–water partition coefficient (Wildman–Crippen LogP) is 2.97. The highest BCUT2D eigenvalue weighted by Gasteiger charge is 2.51. The first kappa shape index (κ1) is 12.5. The van der Waals surface area contributed by atoms with Crippen molar-refractivity contribution in [2.75, 3.05) is 0 Å². The second-order valence-corrected chi connectivity index (χ2v) is 2.90. The first-order chi connectivity index (χ1) is 7.34. The summed E-state index contributed by atoms with van der Waals surface area (Å²) >= 11 is 0. The fourth-order valence-corrected chi connectivity index (χ4v) is 0.822. The minimum Gasteiger partial charge on any atom is -0.508 e. The predicted molar refractivity (Wildman–Crippen MR) is 44.6 cm³/mol. The summed E-state index contributed by atoms with van der Waals surface area (Å²) in [7, 11) is 0. The molecular weight excluding hydrogens is 235 g/mol. The number of halogens is 5. The van der Waals surface area contributed by atoms with Gasteiger partial charge < -0.3 is 9.84 Å². The van der Waals surface area contributed by atoms with Gasteiger partial charge in [-0.05, 0) is 24.3 Å². The van der Waals surface area contributed by atoms with Gasteiger partial charge in [-0.1, -0.05) is 0 Å². The average Bonchev–Trinajstić information content (AvgIpc) is 2.21. The molecule has 0 heterocycles. The number of hydrogen-bond acceptors (Lipinski definition) is 2. The van der Waals surface area contributed by atoms with Crippen molar-refractivity contribution in [1.29, 1.82) is 0 Å². The van der Waals surface area contributed by atoms with Gasteiger partial charge in [-0.15, -0.1) is 0 Å². The Kier molecular flexibility index (Phi) is 3.56. The lowest BCUT2D eigenvalue weighted by Crippen LogP contribution is -2.41. The molecule has 1 aromatic carbocycles. The van der Waals surface area contributed by atoms with Crippen LogP contribution in [0.1, 0.15) is 0 Å². The fraction of sp³-hybridized carbons (Fsp3) is 0.333. The highest BCUT2D eigenvalue weighted by molar-refractivity contribution is 5.30. The van der Waals surface area contributed by atoms with Crippen LogP contribution in [0.3, 0.4) is 0 Å².